The molecule has 29 heavy (non-hydrogen) atoms. The van der Waals surface area contributed by atoms with E-state index >= 15 is 0 Å². The van der Waals surface area contributed by atoms with Gasteiger partial charge in [-0.3, -0.25) is 14.8 Å². The third-order valence-electron chi connectivity index (χ3n) is 5.99. The normalized spacial score (nSPS) is 24.7. The third-order valence-corrected chi connectivity index (χ3v) is 5.99. The van der Waals surface area contributed by atoms with Crippen LogP contribution in [0.5, 0.6) is 0 Å². The second kappa shape index (κ2) is 7.54. The smallest absolute Gasteiger partial charge is 0.266 e. The Morgan fingerprint density at radius 1 is 1.17 bits per heavy atom. The highest BCUT2D eigenvalue weighted by Gasteiger charge is 2.48. The Bertz CT molecular complexity index is 912. The van der Waals surface area contributed by atoms with E-state index in [1.165, 1.54) is 18.5 Å². The minimum Gasteiger partial charge on any atom is -0.369 e. The average molecular weight is 409 g/mol. The fourth-order valence-electron chi connectivity index (χ4n) is 4.66. The number of hydrogen-bond acceptors (Lipinski definition) is 4. The molecule has 2 fully saturated rings. The number of benzene rings is 1. The van der Waals surface area contributed by atoms with Crippen molar-refractivity contribution in [2.75, 3.05) is 18.0 Å². The average Bonchev–Trinajstić information content (AvgIpc) is 2.64. The Kier molecular flexibility index (Phi) is 5.21. The number of nitrogens with zero attached hydrogens (tertiary/aromatic N) is 3. The van der Waals surface area contributed by atoms with E-state index in [1.807, 2.05) is 0 Å². The summed E-state index contributed by atoms with van der Waals surface area (Å²) in [6, 6.07) is 3.02. The highest BCUT2D eigenvalue weighted by molar-refractivity contribution is 5.90. The molecule has 2 heterocycles. The fourth-order valence-corrected chi connectivity index (χ4v) is 4.66. The molecule has 1 aliphatic carbocycles. The first-order chi connectivity index (χ1) is 13.7. The van der Waals surface area contributed by atoms with Crippen LogP contribution in [0.1, 0.15) is 44.6 Å². The lowest BCUT2D eigenvalue weighted by Gasteiger charge is -2.39. The standard InChI is InChI=1S/C21H23F4N3O/c1-12-6-13(7-17(29)14-8-21(24,25)9-14)11-28(10-12)16-3-2-15(20(22)23)18-19(16)27-5-4-26-18/h2-5,12-14,20H,6-11H2,1H3/t12-,13-/m0/s1. The van der Waals surface area contributed by atoms with E-state index in [0.29, 0.717) is 18.6 Å². The lowest BCUT2D eigenvalue weighted by molar-refractivity contribution is -0.149. The van der Waals surface area contributed by atoms with Crippen molar-refractivity contribution < 1.29 is 22.4 Å². The number of carbonyl (C=O) groups excluding carboxylic acids is 1. The van der Waals surface area contributed by atoms with E-state index < -0.39 is 18.3 Å². The van der Waals surface area contributed by atoms with Crippen molar-refractivity contribution in [3.05, 3.63) is 30.1 Å². The second-order valence-electron chi connectivity index (χ2n) is 8.47. The quantitative estimate of drug-likeness (QED) is 0.650. The number of aromatic nitrogens is 2. The zero-order chi connectivity index (χ0) is 20.8. The number of piperidine rings is 1. The SMILES string of the molecule is C[C@H]1C[C@@H](CC(=O)C2CC(F)(F)C2)CN(c2ccc(C(F)F)c3nccnc23)C1. The molecule has 0 spiro atoms. The number of ketones is 1. The summed E-state index contributed by atoms with van der Waals surface area (Å²) < 4.78 is 52.8. The Morgan fingerprint density at radius 3 is 2.52 bits per heavy atom. The van der Waals surface area contributed by atoms with Gasteiger partial charge in [0, 0.05) is 56.2 Å². The molecule has 0 radical (unpaired) electrons. The van der Waals surface area contributed by atoms with Gasteiger partial charge >= 0.3 is 0 Å². The Balaban J connectivity index is 1.54. The summed E-state index contributed by atoms with van der Waals surface area (Å²) in [7, 11) is 0. The van der Waals surface area contributed by atoms with E-state index in [1.54, 1.807) is 6.07 Å². The van der Waals surface area contributed by atoms with Crippen LogP contribution in [0.4, 0.5) is 23.2 Å². The van der Waals surface area contributed by atoms with Gasteiger partial charge in [0.25, 0.3) is 6.43 Å². The van der Waals surface area contributed by atoms with Gasteiger partial charge in [0.05, 0.1) is 11.2 Å². The van der Waals surface area contributed by atoms with E-state index in [0.717, 1.165) is 12.1 Å². The fraction of sp³-hybridized carbons (Fsp3) is 0.571. The maximum absolute atomic E-state index is 13.3. The molecule has 4 nitrogen and oxygen atoms in total. The number of fused-ring (bicyclic) bond motifs is 1. The first-order valence-electron chi connectivity index (χ1n) is 9.91. The van der Waals surface area contributed by atoms with E-state index in [9.17, 15) is 22.4 Å². The molecule has 0 unspecified atom stereocenters. The highest BCUT2D eigenvalue weighted by Crippen LogP contribution is 2.44. The van der Waals surface area contributed by atoms with Gasteiger partial charge in [-0.25, -0.2) is 17.6 Å². The molecular weight excluding hydrogens is 386 g/mol. The van der Waals surface area contributed by atoms with Crippen LogP contribution < -0.4 is 4.90 Å². The van der Waals surface area contributed by atoms with Gasteiger partial charge in [-0.2, -0.15) is 0 Å². The topological polar surface area (TPSA) is 46.1 Å². The van der Waals surface area contributed by atoms with Crippen LogP contribution in [0, 0.1) is 17.8 Å². The molecule has 0 amide bonds. The number of alkyl halides is 4. The van der Waals surface area contributed by atoms with Gasteiger partial charge in [-0.05, 0) is 30.4 Å². The summed E-state index contributed by atoms with van der Waals surface area (Å²) in [4.78, 5) is 22.9. The van der Waals surface area contributed by atoms with E-state index in [2.05, 4.69) is 21.8 Å². The lowest BCUT2D eigenvalue weighted by Crippen LogP contribution is -2.44. The van der Waals surface area contributed by atoms with Crippen LogP contribution in [-0.4, -0.2) is 34.8 Å². The van der Waals surface area contributed by atoms with Gasteiger partial charge in [-0.1, -0.05) is 6.92 Å². The Morgan fingerprint density at radius 2 is 1.86 bits per heavy atom. The van der Waals surface area contributed by atoms with Crippen LogP contribution in [0.2, 0.25) is 0 Å². The van der Waals surface area contributed by atoms with Crippen molar-refractivity contribution in [1.29, 1.82) is 0 Å². The molecule has 1 saturated carbocycles. The molecule has 1 aromatic heterocycles. The molecule has 2 aromatic rings. The Hall–Kier alpha value is -2.25. The predicted octanol–water partition coefficient (Wildman–Crippen LogP) is 5.03. The lowest BCUT2D eigenvalue weighted by atomic mass is 9.75. The zero-order valence-corrected chi connectivity index (χ0v) is 16.1. The molecule has 156 valence electrons. The molecular formula is C21H23F4N3O. The number of Topliss-reactive ketones (excluding diaryl/α,β-unsaturated/α-hetero) is 1. The second-order valence-corrected chi connectivity index (χ2v) is 8.47. The zero-order valence-electron chi connectivity index (χ0n) is 16.1. The number of carbonyl (C=O) groups is 1. The molecule has 4 rings (SSSR count). The van der Waals surface area contributed by atoms with Crippen molar-refractivity contribution in [2.45, 2.75) is 45.0 Å². The van der Waals surface area contributed by atoms with Crippen molar-refractivity contribution in [3.8, 4) is 0 Å². The summed E-state index contributed by atoms with van der Waals surface area (Å²) in [6.07, 6.45) is 0.665. The summed E-state index contributed by atoms with van der Waals surface area (Å²) in [5.41, 5.74) is 1.17. The third kappa shape index (κ3) is 4.07. The first-order valence-corrected chi connectivity index (χ1v) is 9.91. The summed E-state index contributed by atoms with van der Waals surface area (Å²) in [6.45, 7) is 3.35. The number of halogens is 4. The van der Waals surface area contributed by atoms with Gasteiger partial charge in [-0.15, -0.1) is 0 Å². The minimum absolute atomic E-state index is 0.0435. The van der Waals surface area contributed by atoms with Crippen LogP contribution in [0.15, 0.2) is 24.5 Å². The van der Waals surface area contributed by atoms with Crippen molar-refractivity contribution in [2.24, 2.45) is 17.8 Å². The number of anilines is 1. The predicted molar refractivity (Wildman–Crippen MR) is 101 cm³/mol. The van der Waals surface area contributed by atoms with Crippen LogP contribution >= 0.6 is 0 Å². The van der Waals surface area contributed by atoms with Crippen LogP contribution in [0.25, 0.3) is 11.0 Å². The maximum atomic E-state index is 13.3. The van der Waals surface area contributed by atoms with Gasteiger partial charge in [0.2, 0.25) is 5.92 Å². The molecule has 2 atom stereocenters. The van der Waals surface area contributed by atoms with Crippen LogP contribution in [0.3, 0.4) is 0 Å². The van der Waals surface area contributed by atoms with Gasteiger partial charge in [0.15, 0.2) is 0 Å². The molecule has 8 heteroatoms. The van der Waals surface area contributed by atoms with E-state index in [-0.39, 0.29) is 48.0 Å². The molecule has 0 N–H and O–H groups in total. The molecule has 1 aliphatic heterocycles. The van der Waals surface area contributed by atoms with Crippen molar-refractivity contribution in [3.63, 3.8) is 0 Å². The Labute approximate surface area is 166 Å². The minimum atomic E-state index is -2.70. The van der Waals surface area contributed by atoms with Crippen molar-refractivity contribution in [1.82, 2.24) is 9.97 Å². The van der Waals surface area contributed by atoms with Gasteiger partial charge < -0.3 is 4.90 Å². The largest absolute Gasteiger partial charge is 0.369 e. The van der Waals surface area contributed by atoms with Crippen LogP contribution in [-0.2, 0) is 4.79 Å². The van der Waals surface area contributed by atoms with Crippen molar-refractivity contribution >= 4 is 22.5 Å². The summed E-state index contributed by atoms with van der Waals surface area (Å²) in [5.74, 6) is -3.00. The van der Waals surface area contributed by atoms with Gasteiger partial charge in [0.1, 0.15) is 11.3 Å². The molecule has 2 aliphatic rings. The summed E-state index contributed by atoms with van der Waals surface area (Å²) >= 11 is 0. The maximum Gasteiger partial charge on any atom is 0.266 e. The van der Waals surface area contributed by atoms with E-state index in [4.69, 9.17) is 0 Å². The monoisotopic (exact) mass is 409 g/mol. The first kappa shape index (κ1) is 20.0. The highest BCUT2D eigenvalue weighted by atomic mass is 19.3. The molecule has 0 bridgehead atoms. The summed E-state index contributed by atoms with van der Waals surface area (Å²) in [5, 5.41) is 0. The number of rotatable bonds is 5. The molecule has 1 aromatic carbocycles. The number of hydrogen-bond donors (Lipinski definition) is 0. The molecule has 1 saturated heterocycles.